The van der Waals surface area contributed by atoms with Gasteiger partial charge in [-0.2, -0.15) is 0 Å². The quantitative estimate of drug-likeness (QED) is 0.637. The zero-order valence-corrected chi connectivity index (χ0v) is 10.9. The molecule has 3 aromatic rings. The third-order valence-electron chi connectivity index (χ3n) is 3.30. The number of benzene rings is 2. The lowest BCUT2D eigenvalue weighted by atomic mass is 10.1. The molecule has 20 heavy (non-hydrogen) atoms. The molecule has 0 aliphatic carbocycles. The number of hydrogen-bond acceptors (Lipinski definition) is 2. The topological polar surface area (TPSA) is 70.9 Å². The fourth-order valence-corrected chi connectivity index (χ4v) is 2.22. The van der Waals surface area contributed by atoms with Gasteiger partial charge in [0.15, 0.2) is 0 Å². The van der Waals surface area contributed by atoms with Crippen molar-refractivity contribution < 1.29 is 4.79 Å². The second-order valence-corrected chi connectivity index (χ2v) is 4.66. The van der Waals surface area contributed by atoms with Gasteiger partial charge in [-0.15, -0.1) is 0 Å². The SMILES string of the molecule is Nc1ccc(C(=O)NCc2cccc3[nH]ccc23)cc1. The normalized spacial score (nSPS) is 10.6. The van der Waals surface area contributed by atoms with Crippen LogP contribution in [0.15, 0.2) is 54.7 Å². The molecular weight excluding hydrogens is 250 g/mol. The standard InChI is InChI=1S/C16H15N3O/c17-13-6-4-11(5-7-13)16(20)19-10-12-2-1-3-15-14(12)8-9-18-15/h1-9,18H,10,17H2,(H,19,20). The van der Waals surface area contributed by atoms with E-state index in [4.69, 9.17) is 5.73 Å². The van der Waals surface area contributed by atoms with E-state index in [1.54, 1.807) is 24.3 Å². The van der Waals surface area contributed by atoms with Crippen LogP contribution in [0, 0.1) is 0 Å². The molecule has 4 N–H and O–H groups in total. The minimum absolute atomic E-state index is 0.0995. The molecule has 0 radical (unpaired) electrons. The maximum absolute atomic E-state index is 12.0. The Bertz CT molecular complexity index is 744. The van der Waals surface area contributed by atoms with Gasteiger partial charge in [0.05, 0.1) is 0 Å². The van der Waals surface area contributed by atoms with Gasteiger partial charge in [0, 0.05) is 34.9 Å². The minimum Gasteiger partial charge on any atom is -0.399 e. The van der Waals surface area contributed by atoms with E-state index in [1.807, 2.05) is 30.5 Å². The molecule has 0 aliphatic heterocycles. The number of carbonyl (C=O) groups excluding carboxylic acids is 1. The van der Waals surface area contributed by atoms with E-state index in [0.717, 1.165) is 16.5 Å². The highest BCUT2D eigenvalue weighted by atomic mass is 16.1. The molecule has 0 fully saturated rings. The first-order chi connectivity index (χ1) is 9.74. The summed E-state index contributed by atoms with van der Waals surface area (Å²) < 4.78 is 0. The Morgan fingerprint density at radius 1 is 1.10 bits per heavy atom. The van der Waals surface area contributed by atoms with Crippen LogP contribution in [0.4, 0.5) is 5.69 Å². The fraction of sp³-hybridized carbons (Fsp3) is 0.0625. The summed E-state index contributed by atoms with van der Waals surface area (Å²) in [6, 6.07) is 14.9. The second-order valence-electron chi connectivity index (χ2n) is 4.66. The third kappa shape index (κ3) is 2.36. The number of anilines is 1. The van der Waals surface area contributed by atoms with Crippen molar-refractivity contribution >= 4 is 22.5 Å². The van der Waals surface area contributed by atoms with Crippen LogP contribution in [0.3, 0.4) is 0 Å². The molecule has 0 saturated heterocycles. The highest BCUT2D eigenvalue weighted by Crippen LogP contribution is 2.17. The molecule has 4 heteroatoms. The molecule has 2 aromatic carbocycles. The molecule has 4 nitrogen and oxygen atoms in total. The lowest BCUT2D eigenvalue weighted by Crippen LogP contribution is -2.22. The highest BCUT2D eigenvalue weighted by molar-refractivity contribution is 5.94. The number of aromatic amines is 1. The first kappa shape index (κ1) is 12.3. The van der Waals surface area contributed by atoms with E-state index < -0.39 is 0 Å². The van der Waals surface area contributed by atoms with Gasteiger partial charge in [0.25, 0.3) is 5.91 Å². The van der Waals surface area contributed by atoms with Crippen molar-refractivity contribution in [3.8, 4) is 0 Å². The van der Waals surface area contributed by atoms with Crippen LogP contribution in [0.5, 0.6) is 0 Å². The van der Waals surface area contributed by atoms with Crippen LogP contribution < -0.4 is 11.1 Å². The molecule has 0 bridgehead atoms. The monoisotopic (exact) mass is 265 g/mol. The second kappa shape index (κ2) is 5.09. The summed E-state index contributed by atoms with van der Waals surface area (Å²) in [5.41, 5.74) is 9.03. The number of nitrogen functional groups attached to an aromatic ring is 1. The van der Waals surface area contributed by atoms with Crippen molar-refractivity contribution in [1.29, 1.82) is 0 Å². The van der Waals surface area contributed by atoms with Gasteiger partial charge < -0.3 is 16.0 Å². The molecule has 0 spiro atoms. The molecular formula is C16H15N3O. The Balaban J connectivity index is 1.74. The van der Waals surface area contributed by atoms with Gasteiger partial charge in [0.2, 0.25) is 0 Å². The van der Waals surface area contributed by atoms with Crippen LogP contribution in [0.1, 0.15) is 15.9 Å². The van der Waals surface area contributed by atoms with Crippen molar-refractivity contribution in [1.82, 2.24) is 10.3 Å². The number of nitrogens with one attached hydrogen (secondary N) is 2. The number of H-pyrrole nitrogens is 1. The highest BCUT2D eigenvalue weighted by Gasteiger charge is 2.06. The maximum Gasteiger partial charge on any atom is 0.251 e. The number of fused-ring (bicyclic) bond motifs is 1. The van der Waals surface area contributed by atoms with E-state index in [2.05, 4.69) is 10.3 Å². The summed E-state index contributed by atoms with van der Waals surface area (Å²) in [6.07, 6.45) is 1.90. The number of amides is 1. The maximum atomic E-state index is 12.0. The molecule has 0 aliphatic rings. The molecule has 1 aromatic heterocycles. The van der Waals surface area contributed by atoms with Crippen LogP contribution in [0.25, 0.3) is 10.9 Å². The molecule has 1 heterocycles. The van der Waals surface area contributed by atoms with Crippen LogP contribution in [-0.2, 0) is 6.54 Å². The first-order valence-corrected chi connectivity index (χ1v) is 6.43. The van der Waals surface area contributed by atoms with Crippen molar-refractivity contribution in [2.45, 2.75) is 6.54 Å². The first-order valence-electron chi connectivity index (χ1n) is 6.43. The summed E-state index contributed by atoms with van der Waals surface area (Å²) in [7, 11) is 0. The molecule has 0 saturated carbocycles. The summed E-state index contributed by atoms with van der Waals surface area (Å²) >= 11 is 0. The average molecular weight is 265 g/mol. The zero-order valence-electron chi connectivity index (χ0n) is 10.9. The number of aromatic nitrogens is 1. The average Bonchev–Trinajstić information content (AvgIpc) is 2.94. The van der Waals surface area contributed by atoms with E-state index >= 15 is 0 Å². The Morgan fingerprint density at radius 3 is 2.70 bits per heavy atom. The Hall–Kier alpha value is -2.75. The Morgan fingerprint density at radius 2 is 1.90 bits per heavy atom. The van der Waals surface area contributed by atoms with E-state index in [0.29, 0.717) is 17.8 Å². The van der Waals surface area contributed by atoms with Gasteiger partial charge in [-0.1, -0.05) is 12.1 Å². The molecule has 0 unspecified atom stereocenters. The van der Waals surface area contributed by atoms with Gasteiger partial charge >= 0.3 is 0 Å². The molecule has 100 valence electrons. The van der Waals surface area contributed by atoms with Crippen molar-refractivity contribution in [3.63, 3.8) is 0 Å². The van der Waals surface area contributed by atoms with Crippen LogP contribution in [0.2, 0.25) is 0 Å². The fourth-order valence-electron chi connectivity index (χ4n) is 2.22. The summed E-state index contributed by atoms with van der Waals surface area (Å²) in [5.74, 6) is -0.0995. The number of hydrogen-bond donors (Lipinski definition) is 3. The van der Waals surface area contributed by atoms with Gasteiger partial charge in [-0.25, -0.2) is 0 Å². The summed E-state index contributed by atoms with van der Waals surface area (Å²) in [6.45, 7) is 0.498. The van der Waals surface area contributed by atoms with Gasteiger partial charge in [0.1, 0.15) is 0 Å². The predicted molar refractivity (Wildman–Crippen MR) is 80.3 cm³/mol. The molecule has 1 amide bonds. The van der Waals surface area contributed by atoms with Crippen molar-refractivity contribution in [2.75, 3.05) is 5.73 Å². The largest absolute Gasteiger partial charge is 0.399 e. The Labute approximate surface area is 116 Å². The zero-order chi connectivity index (χ0) is 13.9. The van der Waals surface area contributed by atoms with Gasteiger partial charge in [-0.3, -0.25) is 4.79 Å². The van der Waals surface area contributed by atoms with E-state index in [1.165, 1.54) is 0 Å². The third-order valence-corrected chi connectivity index (χ3v) is 3.30. The van der Waals surface area contributed by atoms with Crippen molar-refractivity contribution in [3.05, 3.63) is 65.9 Å². The van der Waals surface area contributed by atoms with E-state index in [-0.39, 0.29) is 5.91 Å². The van der Waals surface area contributed by atoms with Crippen LogP contribution >= 0.6 is 0 Å². The summed E-state index contributed by atoms with van der Waals surface area (Å²) in [4.78, 5) is 15.2. The van der Waals surface area contributed by atoms with E-state index in [9.17, 15) is 4.79 Å². The lowest BCUT2D eigenvalue weighted by Gasteiger charge is -2.07. The summed E-state index contributed by atoms with van der Waals surface area (Å²) in [5, 5.41) is 4.05. The lowest BCUT2D eigenvalue weighted by molar-refractivity contribution is 0.0951. The van der Waals surface area contributed by atoms with Crippen LogP contribution in [-0.4, -0.2) is 10.9 Å². The smallest absolute Gasteiger partial charge is 0.251 e. The number of carbonyl (C=O) groups is 1. The van der Waals surface area contributed by atoms with Gasteiger partial charge in [-0.05, 0) is 42.0 Å². The number of nitrogens with two attached hydrogens (primary N) is 1. The number of rotatable bonds is 3. The molecule has 0 atom stereocenters. The Kier molecular flexibility index (Phi) is 3.13. The minimum atomic E-state index is -0.0995. The predicted octanol–water partition coefficient (Wildman–Crippen LogP) is 2.68. The molecule has 3 rings (SSSR count). The van der Waals surface area contributed by atoms with Crippen molar-refractivity contribution in [2.24, 2.45) is 0 Å².